The van der Waals surface area contributed by atoms with Crippen LogP contribution in [0.5, 0.6) is 0 Å². The third kappa shape index (κ3) is 3.71. The largest absolute Gasteiger partial charge is 0.377 e. The van der Waals surface area contributed by atoms with Gasteiger partial charge in [-0.3, -0.25) is 5.10 Å². The summed E-state index contributed by atoms with van der Waals surface area (Å²) >= 11 is 1.65. The lowest BCUT2D eigenvalue weighted by Gasteiger charge is -2.05. The van der Waals surface area contributed by atoms with Gasteiger partial charge < -0.3 is 4.74 Å². The minimum absolute atomic E-state index is 0.363. The lowest BCUT2D eigenvalue weighted by atomic mass is 10.2. The smallest absolute Gasteiger partial charge is 0.208 e. The third-order valence-electron chi connectivity index (χ3n) is 3.14. The first kappa shape index (κ1) is 13.4. The first-order valence-electron chi connectivity index (χ1n) is 6.80. The number of aromatic amines is 1. The number of nitrogens with zero attached hydrogens (tertiary/aromatic N) is 2. The molecule has 1 aromatic heterocycles. The summed E-state index contributed by atoms with van der Waals surface area (Å²) in [7, 11) is 0. The Labute approximate surface area is 122 Å². The van der Waals surface area contributed by atoms with Crippen LogP contribution in [0.1, 0.15) is 24.2 Å². The second-order valence-corrected chi connectivity index (χ2v) is 5.68. The highest BCUT2D eigenvalue weighted by Crippen LogP contribution is 2.21. The molecule has 3 rings (SSSR count). The van der Waals surface area contributed by atoms with E-state index < -0.39 is 0 Å². The average Bonchev–Trinajstić information content (AvgIpc) is 3.16. The summed E-state index contributed by atoms with van der Waals surface area (Å²) in [5.41, 5.74) is 1.15. The molecule has 1 saturated heterocycles. The number of benzene rings is 1. The zero-order chi connectivity index (χ0) is 13.6. The van der Waals surface area contributed by atoms with E-state index in [-0.39, 0.29) is 0 Å². The molecule has 0 amide bonds. The van der Waals surface area contributed by atoms with Crippen molar-refractivity contribution in [2.45, 2.75) is 24.1 Å². The molecule has 1 aliphatic rings. The fraction of sp³-hybridized carbons (Fsp3) is 0.333. The first-order valence-corrected chi connectivity index (χ1v) is 7.79. The molecule has 0 spiro atoms. The Morgan fingerprint density at radius 2 is 2.20 bits per heavy atom. The molecule has 1 aromatic carbocycles. The van der Waals surface area contributed by atoms with E-state index in [1.54, 1.807) is 11.8 Å². The van der Waals surface area contributed by atoms with Crippen molar-refractivity contribution in [2.24, 2.45) is 0 Å². The van der Waals surface area contributed by atoms with Gasteiger partial charge in [-0.25, -0.2) is 4.98 Å². The Balaban J connectivity index is 1.55. The molecule has 1 N–H and O–H groups in total. The first-order chi connectivity index (χ1) is 9.90. The van der Waals surface area contributed by atoms with Crippen LogP contribution in [0.2, 0.25) is 0 Å². The van der Waals surface area contributed by atoms with E-state index in [4.69, 9.17) is 4.74 Å². The normalized spacial score (nSPS) is 18.9. The Morgan fingerprint density at radius 3 is 3.00 bits per heavy atom. The molecule has 1 aliphatic heterocycles. The van der Waals surface area contributed by atoms with E-state index in [1.807, 2.05) is 30.4 Å². The molecule has 0 radical (unpaired) electrons. The number of hydrogen-bond acceptors (Lipinski definition) is 4. The number of aromatic nitrogens is 3. The number of ether oxygens (including phenoxy) is 1. The van der Waals surface area contributed by atoms with Gasteiger partial charge in [-0.15, -0.1) is 5.10 Å². The average molecular weight is 287 g/mol. The standard InChI is InChI=1S/C15H17N3OS/c1-2-5-12(6-3-1)8-9-14-16-15(18-17-14)20-11-13-7-4-10-19-13/h1-3,5-6,8-9,13H,4,7,10-11H2,(H,16,17,18)/b9-8+. The highest BCUT2D eigenvalue weighted by atomic mass is 32.2. The molecule has 2 heterocycles. The van der Waals surface area contributed by atoms with E-state index >= 15 is 0 Å². The summed E-state index contributed by atoms with van der Waals surface area (Å²) in [6.07, 6.45) is 6.65. The van der Waals surface area contributed by atoms with Gasteiger partial charge in [-0.05, 0) is 24.5 Å². The topological polar surface area (TPSA) is 50.8 Å². The minimum Gasteiger partial charge on any atom is -0.377 e. The molecule has 0 bridgehead atoms. The quantitative estimate of drug-likeness (QED) is 0.858. The highest BCUT2D eigenvalue weighted by molar-refractivity contribution is 7.99. The molecule has 1 unspecified atom stereocenters. The van der Waals surface area contributed by atoms with Crippen molar-refractivity contribution in [3.63, 3.8) is 0 Å². The van der Waals surface area contributed by atoms with Crippen LogP contribution in [0, 0.1) is 0 Å². The predicted octanol–water partition coefficient (Wildman–Crippen LogP) is 3.25. The Kier molecular flexibility index (Phi) is 4.50. The van der Waals surface area contributed by atoms with Crippen LogP contribution >= 0.6 is 11.8 Å². The maximum Gasteiger partial charge on any atom is 0.208 e. The number of H-pyrrole nitrogens is 1. The van der Waals surface area contributed by atoms with Crippen LogP contribution < -0.4 is 0 Å². The van der Waals surface area contributed by atoms with Gasteiger partial charge >= 0.3 is 0 Å². The van der Waals surface area contributed by atoms with Crippen LogP contribution in [0.3, 0.4) is 0 Å². The predicted molar refractivity (Wildman–Crippen MR) is 81.5 cm³/mol. The molecule has 2 aromatic rings. The Bertz CT molecular complexity index is 562. The molecule has 4 nitrogen and oxygen atoms in total. The molecule has 0 aliphatic carbocycles. The van der Waals surface area contributed by atoms with Gasteiger partial charge in [0.05, 0.1) is 6.10 Å². The molecule has 104 valence electrons. The Hall–Kier alpha value is -1.59. The van der Waals surface area contributed by atoms with Crippen LogP contribution in [-0.2, 0) is 4.74 Å². The summed E-state index contributed by atoms with van der Waals surface area (Å²) < 4.78 is 5.59. The number of rotatable bonds is 5. The maximum atomic E-state index is 5.59. The second kappa shape index (κ2) is 6.72. The summed E-state index contributed by atoms with van der Waals surface area (Å²) in [6, 6.07) is 10.2. The van der Waals surface area contributed by atoms with Gasteiger partial charge in [0.1, 0.15) is 5.82 Å². The van der Waals surface area contributed by atoms with E-state index in [9.17, 15) is 0 Å². The fourth-order valence-corrected chi connectivity index (χ4v) is 2.95. The van der Waals surface area contributed by atoms with Crippen molar-refractivity contribution in [3.05, 3.63) is 41.7 Å². The summed E-state index contributed by atoms with van der Waals surface area (Å²) in [5.74, 6) is 1.71. The summed E-state index contributed by atoms with van der Waals surface area (Å²) in [5, 5.41) is 7.94. The van der Waals surface area contributed by atoms with Crippen molar-refractivity contribution in [2.75, 3.05) is 12.4 Å². The zero-order valence-corrected chi connectivity index (χ0v) is 12.0. The van der Waals surface area contributed by atoms with Gasteiger partial charge in [0.2, 0.25) is 5.16 Å². The van der Waals surface area contributed by atoms with Gasteiger partial charge in [0.25, 0.3) is 0 Å². The Morgan fingerprint density at radius 1 is 1.30 bits per heavy atom. The van der Waals surface area contributed by atoms with Crippen molar-refractivity contribution >= 4 is 23.9 Å². The van der Waals surface area contributed by atoms with E-state index in [1.165, 1.54) is 6.42 Å². The van der Waals surface area contributed by atoms with Crippen molar-refractivity contribution in [1.82, 2.24) is 15.2 Å². The van der Waals surface area contributed by atoms with Crippen molar-refractivity contribution < 1.29 is 4.74 Å². The summed E-state index contributed by atoms with van der Waals surface area (Å²) in [4.78, 5) is 4.44. The summed E-state index contributed by atoms with van der Waals surface area (Å²) in [6.45, 7) is 0.893. The minimum atomic E-state index is 0.363. The maximum absolute atomic E-state index is 5.59. The molecular formula is C15H17N3OS. The van der Waals surface area contributed by atoms with E-state index in [2.05, 4.69) is 27.3 Å². The molecule has 1 atom stereocenters. The highest BCUT2D eigenvalue weighted by Gasteiger charge is 2.16. The second-order valence-electron chi connectivity index (χ2n) is 4.69. The monoisotopic (exact) mass is 287 g/mol. The van der Waals surface area contributed by atoms with Crippen LogP contribution in [0.15, 0.2) is 35.5 Å². The number of hydrogen-bond donors (Lipinski definition) is 1. The third-order valence-corrected chi connectivity index (χ3v) is 4.12. The lowest BCUT2D eigenvalue weighted by molar-refractivity contribution is 0.129. The molecular weight excluding hydrogens is 270 g/mol. The molecule has 20 heavy (non-hydrogen) atoms. The number of thioether (sulfide) groups is 1. The lowest BCUT2D eigenvalue weighted by Crippen LogP contribution is -2.07. The van der Waals surface area contributed by atoms with Gasteiger partial charge in [-0.1, -0.05) is 48.2 Å². The SMILES string of the molecule is C(=C\c1nc(SCC2CCCO2)n[nH]1)/c1ccccc1. The van der Waals surface area contributed by atoms with E-state index in [0.717, 1.165) is 35.3 Å². The fourth-order valence-electron chi connectivity index (χ4n) is 2.08. The van der Waals surface area contributed by atoms with Crippen LogP contribution in [0.4, 0.5) is 0 Å². The molecule has 0 saturated carbocycles. The molecule has 5 heteroatoms. The molecule has 1 fully saturated rings. The van der Waals surface area contributed by atoms with Crippen LogP contribution in [0.25, 0.3) is 12.2 Å². The van der Waals surface area contributed by atoms with Gasteiger partial charge in [0, 0.05) is 12.4 Å². The zero-order valence-electron chi connectivity index (χ0n) is 11.2. The van der Waals surface area contributed by atoms with Gasteiger partial charge in [-0.2, -0.15) is 0 Å². The van der Waals surface area contributed by atoms with E-state index in [0.29, 0.717) is 6.10 Å². The van der Waals surface area contributed by atoms with Crippen molar-refractivity contribution in [1.29, 1.82) is 0 Å². The number of nitrogens with one attached hydrogen (secondary N) is 1. The van der Waals surface area contributed by atoms with Crippen molar-refractivity contribution in [3.8, 4) is 0 Å². The van der Waals surface area contributed by atoms with Gasteiger partial charge in [0.15, 0.2) is 0 Å². The van der Waals surface area contributed by atoms with Crippen LogP contribution in [-0.4, -0.2) is 33.6 Å².